The first-order valence-electron chi connectivity index (χ1n) is 7.06. The number of hydrogen-bond acceptors (Lipinski definition) is 2. The third-order valence-corrected chi connectivity index (χ3v) is 3.77. The molecule has 3 rings (SSSR count). The van der Waals surface area contributed by atoms with Crippen LogP contribution in [0.25, 0.3) is 21.7 Å². The zero-order valence-electron chi connectivity index (χ0n) is 12.0. The minimum Gasteiger partial charge on any atom is -0.310 e. The van der Waals surface area contributed by atoms with Crippen LogP contribution in [0.4, 0.5) is 0 Å². The topological polar surface area (TPSA) is 45.8 Å². The Morgan fingerprint density at radius 2 is 1.85 bits per heavy atom. The third kappa shape index (κ3) is 1.90. The van der Waals surface area contributed by atoms with Crippen molar-refractivity contribution in [3.05, 3.63) is 52.1 Å². The highest BCUT2D eigenvalue weighted by molar-refractivity contribution is 6.06. The molecule has 0 aliphatic rings. The molecule has 102 valence electrons. The molecule has 0 bridgehead atoms. The van der Waals surface area contributed by atoms with Gasteiger partial charge in [-0.15, -0.1) is 0 Å². The number of nitrogens with one attached hydrogen (secondary N) is 1. The minimum atomic E-state index is -0.0521. The van der Waals surface area contributed by atoms with E-state index in [4.69, 9.17) is 0 Å². The Morgan fingerprint density at radius 1 is 1.10 bits per heavy atom. The molecule has 3 heteroatoms. The Kier molecular flexibility index (Phi) is 3.05. The quantitative estimate of drug-likeness (QED) is 0.718. The van der Waals surface area contributed by atoms with Gasteiger partial charge in [-0.2, -0.15) is 0 Å². The van der Waals surface area contributed by atoms with Gasteiger partial charge in [-0.1, -0.05) is 45.0 Å². The first kappa shape index (κ1) is 12.9. The SMILES string of the molecule is CCc1nc2c(ccc3c(C(C)C)cccc32)c(=O)[nH]1. The third-order valence-electron chi connectivity index (χ3n) is 3.77. The predicted molar refractivity (Wildman–Crippen MR) is 83.3 cm³/mol. The summed E-state index contributed by atoms with van der Waals surface area (Å²) < 4.78 is 0. The van der Waals surface area contributed by atoms with Crippen LogP contribution in [0.5, 0.6) is 0 Å². The lowest BCUT2D eigenvalue weighted by Crippen LogP contribution is -2.11. The molecule has 0 aliphatic carbocycles. The molecule has 0 fully saturated rings. The van der Waals surface area contributed by atoms with Gasteiger partial charge in [0.1, 0.15) is 5.82 Å². The maximum atomic E-state index is 12.1. The zero-order valence-corrected chi connectivity index (χ0v) is 12.0. The highest BCUT2D eigenvalue weighted by Crippen LogP contribution is 2.29. The smallest absolute Gasteiger partial charge is 0.258 e. The molecule has 1 heterocycles. The largest absolute Gasteiger partial charge is 0.310 e. The summed E-state index contributed by atoms with van der Waals surface area (Å²) in [4.78, 5) is 19.6. The van der Waals surface area contributed by atoms with Gasteiger partial charge in [0.05, 0.1) is 10.9 Å². The molecule has 0 spiro atoms. The van der Waals surface area contributed by atoms with Gasteiger partial charge < -0.3 is 4.98 Å². The van der Waals surface area contributed by atoms with Crippen LogP contribution >= 0.6 is 0 Å². The van der Waals surface area contributed by atoms with E-state index >= 15 is 0 Å². The summed E-state index contributed by atoms with van der Waals surface area (Å²) in [5.74, 6) is 1.19. The average Bonchev–Trinajstić information content (AvgIpc) is 2.45. The van der Waals surface area contributed by atoms with E-state index in [2.05, 4.69) is 35.9 Å². The van der Waals surface area contributed by atoms with Gasteiger partial charge >= 0.3 is 0 Å². The van der Waals surface area contributed by atoms with Crippen molar-refractivity contribution in [2.75, 3.05) is 0 Å². The van der Waals surface area contributed by atoms with Crippen LogP contribution < -0.4 is 5.56 Å². The monoisotopic (exact) mass is 266 g/mol. The Labute approximate surface area is 117 Å². The summed E-state index contributed by atoms with van der Waals surface area (Å²) in [6, 6.07) is 10.2. The van der Waals surface area contributed by atoms with E-state index in [-0.39, 0.29) is 5.56 Å². The fraction of sp³-hybridized carbons (Fsp3) is 0.294. The molecule has 0 unspecified atom stereocenters. The second-order valence-electron chi connectivity index (χ2n) is 5.42. The normalized spacial score (nSPS) is 11.6. The number of aryl methyl sites for hydroxylation is 1. The summed E-state index contributed by atoms with van der Waals surface area (Å²) >= 11 is 0. The molecule has 3 aromatic rings. The summed E-state index contributed by atoms with van der Waals surface area (Å²) in [5.41, 5.74) is 2.05. The second-order valence-corrected chi connectivity index (χ2v) is 5.42. The molecular formula is C17H18N2O. The van der Waals surface area contributed by atoms with Crippen LogP contribution in [0.3, 0.4) is 0 Å². The molecule has 0 aliphatic heterocycles. The highest BCUT2D eigenvalue weighted by Gasteiger charge is 2.10. The number of nitrogens with zero attached hydrogens (tertiary/aromatic N) is 1. The number of benzene rings is 2. The molecule has 20 heavy (non-hydrogen) atoms. The van der Waals surface area contributed by atoms with Crippen LogP contribution in [0.15, 0.2) is 35.1 Å². The minimum absolute atomic E-state index is 0.0521. The van der Waals surface area contributed by atoms with E-state index < -0.39 is 0 Å². The zero-order chi connectivity index (χ0) is 14.3. The number of aromatic amines is 1. The van der Waals surface area contributed by atoms with Gasteiger partial charge in [-0.3, -0.25) is 4.79 Å². The van der Waals surface area contributed by atoms with Crippen molar-refractivity contribution >= 4 is 21.7 Å². The first-order chi connectivity index (χ1) is 9.61. The van der Waals surface area contributed by atoms with E-state index in [1.54, 1.807) is 0 Å². The molecule has 0 amide bonds. The van der Waals surface area contributed by atoms with E-state index in [0.717, 1.165) is 23.1 Å². The molecular weight excluding hydrogens is 248 g/mol. The Balaban J connectivity index is 2.50. The fourth-order valence-electron chi connectivity index (χ4n) is 2.70. The van der Waals surface area contributed by atoms with Crippen molar-refractivity contribution in [2.45, 2.75) is 33.1 Å². The van der Waals surface area contributed by atoms with Crippen LogP contribution in [-0.4, -0.2) is 9.97 Å². The number of hydrogen-bond donors (Lipinski definition) is 1. The van der Waals surface area contributed by atoms with Gasteiger partial charge in [0.2, 0.25) is 0 Å². The lowest BCUT2D eigenvalue weighted by molar-refractivity contribution is 0.876. The van der Waals surface area contributed by atoms with Crippen molar-refractivity contribution in [1.82, 2.24) is 9.97 Å². The van der Waals surface area contributed by atoms with Crippen molar-refractivity contribution in [3.63, 3.8) is 0 Å². The van der Waals surface area contributed by atoms with Crippen molar-refractivity contribution in [2.24, 2.45) is 0 Å². The molecule has 3 nitrogen and oxygen atoms in total. The van der Waals surface area contributed by atoms with Gasteiger partial charge in [0.25, 0.3) is 5.56 Å². The van der Waals surface area contributed by atoms with E-state index in [9.17, 15) is 4.79 Å². The first-order valence-corrected chi connectivity index (χ1v) is 7.06. The summed E-state index contributed by atoms with van der Waals surface area (Å²) in [5, 5.41) is 2.92. The van der Waals surface area contributed by atoms with Crippen molar-refractivity contribution < 1.29 is 0 Å². The summed E-state index contributed by atoms with van der Waals surface area (Å²) in [6.07, 6.45) is 0.728. The standard InChI is InChI=1S/C17H18N2O/c1-4-15-18-16-13-7-5-6-11(10(2)3)12(13)8-9-14(16)17(20)19-15/h5-10H,4H2,1-3H3,(H,18,19,20). The lowest BCUT2D eigenvalue weighted by Gasteiger charge is -2.11. The molecule has 0 radical (unpaired) electrons. The molecule has 0 saturated heterocycles. The molecule has 1 N–H and O–H groups in total. The van der Waals surface area contributed by atoms with Crippen LogP contribution in [0, 0.1) is 0 Å². The van der Waals surface area contributed by atoms with E-state index in [1.165, 1.54) is 10.9 Å². The maximum Gasteiger partial charge on any atom is 0.258 e. The maximum absolute atomic E-state index is 12.1. The van der Waals surface area contributed by atoms with E-state index in [0.29, 0.717) is 11.3 Å². The van der Waals surface area contributed by atoms with E-state index in [1.807, 2.05) is 25.1 Å². The predicted octanol–water partition coefficient (Wildman–Crippen LogP) is 3.76. The summed E-state index contributed by atoms with van der Waals surface area (Å²) in [7, 11) is 0. The molecule has 0 atom stereocenters. The van der Waals surface area contributed by atoms with Crippen LogP contribution in [0.1, 0.15) is 38.1 Å². The average molecular weight is 266 g/mol. The van der Waals surface area contributed by atoms with Crippen molar-refractivity contribution in [3.8, 4) is 0 Å². The van der Waals surface area contributed by atoms with Gasteiger partial charge in [-0.25, -0.2) is 4.98 Å². The van der Waals surface area contributed by atoms with Gasteiger partial charge in [0.15, 0.2) is 0 Å². The molecule has 0 saturated carbocycles. The van der Waals surface area contributed by atoms with Gasteiger partial charge in [0, 0.05) is 11.8 Å². The number of H-pyrrole nitrogens is 1. The second kappa shape index (κ2) is 4.75. The number of fused-ring (bicyclic) bond motifs is 3. The van der Waals surface area contributed by atoms with Gasteiger partial charge in [-0.05, 0) is 22.9 Å². The van der Waals surface area contributed by atoms with Crippen LogP contribution in [0.2, 0.25) is 0 Å². The fourth-order valence-corrected chi connectivity index (χ4v) is 2.70. The number of aromatic nitrogens is 2. The Bertz CT molecular complexity index is 847. The highest BCUT2D eigenvalue weighted by atomic mass is 16.1. The lowest BCUT2D eigenvalue weighted by atomic mass is 9.95. The molecule has 2 aromatic carbocycles. The van der Waals surface area contributed by atoms with Crippen molar-refractivity contribution in [1.29, 1.82) is 0 Å². The Morgan fingerprint density at radius 3 is 2.55 bits per heavy atom. The molecule has 1 aromatic heterocycles. The van der Waals surface area contributed by atoms with Crippen LogP contribution in [-0.2, 0) is 6.42 Å². The summed E-state index contributed by atoms with van der Waals surface area (Å²) in [6.45, 7) is 6.36. The Hall–Kier alpha value is -2.16. The number of rotatable bonds is 2.